The van der Waals surface area contributed by atoms with Gasteiger partial charge in [0, 0.05) is 10.4 Å². The van der Waals surface area contributed by atoms with Crippen LogP contribution in [-0.2, 0) is 4.74 Å². The lowest BCUT2D eigenvalue weighted by Crippen LogP contribution is -2.04. The van der Waals surface area contributed by atoms with Crippen molar-refractivity contribution in [2.75, 3.05) is 12.3 Å². The van der Waals surface area contributed by atoms with E-state index in [0.29, 0.717) is 25.5 Å². The first-order valence-corrected chi connectivity index (χ1v) is 7.16. The van der Waals surface area contributed by atoms with Gasteiger partial charge in [0.1, 0.15) is 10.7 Å². The van der Waals surface area contributed by atoms with Crippen LogP contribution in [0.1, 0.15) is 16.6 Å². The van der Waals surface area contributed by atoms with Crippen LogP contribution in [0.15, 0.2) is 28.7 Å². The summed E-state index contributed by atoms with van der Waals surface area (Å²) in [7, 11) is 0. The molecule has 0 amide bonds. The van der Waals surface area contributed by atoms with Crippen molar-refractivity contribution in [1.29, 1.82) is 0 Å². The molecule has 0 unspecified atom stereocenters. The second-order valence-corrected chi connectivity index (χ2v) is 5.56. The van der Waals surface area contributed by atoms with Crippen LogP contribution >= 0.6 is 27.3 Å². The smallest absolute Gasteiger partial charge is 0.350 e. The first kappa shape index (κ1) is 14.0. The van der Waals surface area contributed by atoms with Gasteiger partial charge in [0.05, 0.1) is 16.8 Å². The Morgan fingerprint density at radius 1 is 1.53 bits per heavy atom. The molecule has 100 valence electrons. The highest BCUT2D eigenvalue weighted by Gasteiger charge is 2.18. The number of hydrogen-bond donors (Lipinski definition) is 1. The van der Waals surface area contributed by atoms with Crippen molar-refractivity contribution in [3.05, 3.63) is 39.4 Å². The van der Waals surface area contributed by atoms with Gasteiger partial charge in [-0.25, -0.2) is 9.18 Å². The van der Waals surface area contributed by atoms with Crippen LogP contribution < -0.4 is 5.73 Å². The Bertz CT molecular complexity index is 627. The highest BCUT2D eigenvalue weighted by molar-refractivity contribution is 9.10. The van der Waals surface area contributed by atoms with Crippen LogP contribution in [0.4, 0.5) is 10.1 Å². The van der Waals surface area contributed by atoms with Gasteiger partial charge in [-0.3, -0.25) is 0 Å². The molecule has 0 aliphatic carbocycles. The average Bonchev–Trinajstić information content (AvgIpc) is 2.75. The quantitative estimate of drug-likeness (QED) is 0.854. The summed E-state index contributed by atoms with van der Waals surface area (Å²) in [6.45, 7) is 2.01. The fourth-order valence-electron chi connectivity index (χ4n) is 1.59. The lowest BCUT2D eigenvalue weighted by atomic mass is 10.2. The van der Waals surface area contributed by atoms with E-state index in [1.165, 1.54) is 17.4 Å². The molecule has 0 spiro atoms. The van der Waals surface area contributed by atoms with E-state index in [-0.39, 0.29) is 12.4 Å². The predicted molar refractivity (Wildman–Crippen MR) is 77.8 cm³/mol. The van der Waals surface area contributed by atoms with Gasteiger partial charge in [-0.1, -0.05) is 12.1 Å². The second-order valence-electron chi connectivity index (χ2n) is 3.72. The Kier molecular flexibility index (Phi) is 4.21. The standard InChI is InChI=1S/C13H11BrFNO2S/c1-2-18-13(17)12-9(16)6-10(19-12)7-4-3-5-8(15)11(7)14/h3-6H,2,16H2,1H3. The lowest BCUT2D eigenvalue weighted by Gasteiger charge is -2.02. The van der Waals surface area contributed by atoms with Gasteiger partial charge in [0.15, 0.2) is 0 Å². The van der Waals surface area contributed by atoms with Crippen LogP contribution in [0, 0.1) is 5.82 Å². The van der Waals surface area contributed by atoms with E-state index >= 15 is 0 Å². The number of hydrogen-bond acceptors (Lipinski definition) is 4. The van der Waals surface area contributed by atoms with Crippen molar-refractivity contribution >= 4 is 38.9 Å². The molecule has 0 atom stereocenters. The zero-order valence-electron chi connectivity index (χ0n) is 10.1. The summed E-state index contributed by atoms with van der Waals surface area (Å²) in [4.78, 5) is 12.7. The van der Waals surface area contributed by atoms with E-state index in [1.807, 2.05) is 0 Å². The van der Waals surface area contributed by atoms with E-state index in [0.717, 1.165) is 0 Å². The molecule has 0 aliphatic heterocycles. The molecule has 0 aliphatic rings. The molecule has 1 aromatic heterocycles. The molecule has 2 rings (SSSR count). The minimum absolute atomic E-state index is 0.287. The Hall–Kier alpha value is -1.40. The Balaban J connectivity index is 2.45. The molecular weight excluding hydrogens is 333 g/mol. The van der Waals surface area contributed by atoms with Gasteiger partial charge in [0.25, 0.3) is 0 Å². The molecule has 2 aromatic rings. The van der Waals surface area contributed by atoms with Crippen LogP contribution in [-0.4, -0.2) is 12.6 Å². The topological polar surface area (TPSA) is 52.3 Å². The molecule has 1 heterocycles. The molecule has 6 heteroatoms. The maximum atomic E-state index is 13.5. The molecular formula is C13H11BrFNO2S. The molecule has 19 heavy (non-hydrogen) atoms. The third kappa shape index (κ3) is 2.79. The summed E-state index contributed by atoms with van der Waals surface area (Å²) in [5.41, 5.74) is 6.80. The molecule has 0 saturated heterocycles. The Morgan fingerprint density at radius 2 is 2.26 bits per heavy atom. The maximum absolute atomic E-state index is 13.5. The highest BCUT2D eigenvalue weighted by atomic mass is 79.9. The van der Waals surface area contributed by atoms with Crippen LogP contribution in [0.5, 0.6) is 0 Å². The first-order chi connectivity index (χ1) is 9.04. The van der Waals surface area contributed by atoms with Crippen molar-refractivity contribution in [3.8, 4) is 10.4 Å². The average molecular weight is 344 g/mol. The van der Waals surface area contributed by atoms with Gasteiger partial charge < -0.3 is 10.5 Å². The monoisotopic (exact) mass is 343 g/mol. The second kappa shape index (κ2) is 5.71. The number of esters is 1. The summed E-state index contributed by atoms with van der Waals surface area (Å²) >= 11 is 4.38. The molecule has 3 nitrogen and oxygen atoms in total. The van der Waals surface area contributed by atoms with Crippen molar-refractivity contribution in [2.45, 2.75) is 6.92 Å². The van der Waals surface area contributed by atoms with Crippen LogP contribution in [0.25, 0.3) is 10.4 Å². The van der Waals surface area contributed by atoms with Crippen molar-refractivity contribution in [3.63, 3.8) is 0 Å². The summed E-state index contributed by atoms with van der Waals surface area (Å²) in [6.07, 6.45) is 0. The summed E-state index contributed by atoms with van der Waals surface area (Å²) in [6, 6.07) is 6.37. The van der Waals surface area contributed by atoms with E-state index in [1.54, 1.807) is 25.1 Å². The maximum Gasteiger partial charge on any atom is 0.350 e. The van der Waals surface area contributed by atoms with E-state index < -0.39 is 5.97 Å². The van der Waals surface area contributed by atoms with Gasteiger partial charge in [0.2, 0.25) is 0 Å². The van der Waals surface area contributed by atoms with Gasteiger partial charge >= 0.3 is 5.97 Å². The Morgan fingerprint density at radius 3 is 2.95 bits per heavy atom. The minimum Gasteiger partial charge on any atom is -0.462 e. The molecule has 0 fully saturated rings. The number of carbonyl (C=O) groups excluding carboxylic acids is 1. The summed E-state index contributed by atoms with van der Waals surface area (Å²) in [5.74, 6) is -0.814. The normalized spacial score (nSPS) is 10.5. The number of nitrogens with two attached hydrogens (primary N) is 1. The third-order valence-corrected chi connectivity index (χ3v) is 4.41. The SMILES string of the molecule is CCOC(=O)c1sc(-c2cccc(F)c2Br)cc1N. The molecule has 0 radical (unpaired) electrons. The number of benzene rings is 1. The zero-order chi connectivity index (χ0) is 14.0. The Labute approximate surface area is 122 Å². The van der Waals surface area contributed by atoms with Gasteiger partial charge in [-0.05, 0) is 35.0 Å². The van der Waals surface area contributed by atoms with E-state index in [4.69, 9.17) is 10.5 Å². The van der Waals surface area contributed by atoms with Crippen molar-refractivity contribution in [1.82, 2.24) is 0 Å². The van der Waals surface area contributed by atoms with E-state index in [2.05, 4.69) is 15.9 Å². The number of nitrogen functional groups attached to an aromatic ring is 1. The van der Waals surface area contributed by atoms with Gasteiger partial charge in [-0.2, -0.15) is 0 Å². The number of carbonyl (C=O) groups is 1. The van der Waals surface area contributed by atoms with Crippen molar-refractivity contribution < 1.29 is 13.9 Å². The van der Waals surface area contributed by atoms with Gasteiger partial charge in [-0.15, -0.1) is 11.3 Å². The van der Waals surface area contributed by atoms with Crippen LogP contribution in [0.3, 0.4) is 0 Å². The van der Waals surface area contributed by atoms with Crippen molar-refractivity contribution in [2.24, 2.45) is 0 Å². The molecule has 1 aromatic carbocycles. The first-order valence-electron chi connectivity index (χ1n) is 5.55. The summed E-state index contributed by atoms with van der Waals surface area (Å²) < 4.78 is 18.8. The summed E-state index contributed by atoms with van der Waals surface area (Å²) in [5, 5.41) is 0. The third-order valence-electron chi connectivity index (χ3n) is 2.44. The lowest BCUT2D eigenvalue weighted by molar-refractivity contribution is 0.0533. The fourth-order valence-corrected chi connectivity index (χ4v) is 3.20. The number of halogens is 2. The number of ether oxygens (including phenoxy) is 1. The number of rotatable bonds is 3. The van der Waals surface area contributed by atoms with E-state index in [9.17, 15) is 9.18 Å². The zero-order valence-corrected chi connectivity index (χ0v) is 12.5. The highest BCUT2D eigenvalue weighted by Crippen LogP contribution is 2.38. The van der Waals surface area contributed by atoms with Crippen LogP contribution in [0.2, 0.25) is 0 Å². The molecule has 2 N–H and O–H groups in total. The number of thiophene rings is 1. The molecule has 0 bridgehead atoms. The fraction of sp³-hybridized carbons (Fsp3) is 0.154. The molecule has 0 saturated carbocycles. The number of anilines is 1. The predicted octanol–water partition coefficient (Wildman–Crippen LogP) is 4.08. The minimum atomic E-state index is -0.455. The largest absolute Gasteiger partial charge is 0.462 e.